The Morgan fingerprint density at radius 1 is 1.00 bits per heavy atom. The molecule has 3 amide bonds. The molecule has 288 valence electrons. The monoisotopic (exact) mass is 742 g/mol. The summed E-state index contributed by atoms with van der Waals surface area (Å²) < 4.78 is 5.76. The van der Waals surface area contributed by atoms with Gasteiger partial charge in [-0.25, -0.2) is 4.98 Å². The first kappa shape index (κ1) is 42.5. The lowest BCUT2D eigenvalue weighted by Crippen LogP contribution is -2.57. The van der Waals surface area contributed by atoms with Crippen LogP contribution in [0.2, 0.25) is 0 Å². The van der Waals surface area contributed by atoms with Gasteiger partial charge in [-0.3, -0.25) is 33.8 Å². The Kier molecular flexibility index (Phi) is 16.2. The van der Waals surface area contributed by atoms with Gasteiger partial charge in [0.05, 0.1) is 6.04 Å². The van der Waals surface area contributed by atoms with Crippen LogP contribution in [-0.2, 0) is 30.3 Å². The first-order chi connectivity index (χ1) is 24.5. The molecule has 0 saturated carbocycles. The number of hydrogen-bond donors (Lipinski definition) is 3. The van der Waals surface area contributed by atoms with E-state index < -0.39 is 48.1 Å². The fraction of sp³-hybridized carbons (Fsp3) is 0.632. The van der Waals surface area contributed by atoms with Gasteiger partial charge in [0, 0.05) is 37.9 Å². The van der Waals surface area contributed by atoms with Gasteiger partial charge in [-0.1, -0.05) is 64.4 Å². The highest BCUT2D eigenvalue weighted by atomic mass is 32.1. The van der Waals surface area contributed by atoms with Crippen molar-refractivity contribution in [2.45, 2.75) is 109 Å². The molecule has 14 heteroatoms. The van der Waals surface area contributed by atoms with Crippen LogP contribution in [0.4, 0.5) is 0 Å². The topological polar surface area (TPSA) is 161 Å². The normalized spacial score (nSPS) is 18.0. The molecule has 1 aliphatic rings. The minimum Gasteiger partial charge on any atom is -0.480 e. The highest BCUT2D eigenvalue weighted by Gasteiger charge is 2.37. The molecule has 1 saturated heterocycles. The predicted molar refractivity (Wildman–Crippen MR) is 201 cm³/mol. The van der Waals surface area contributed by atoms with E-state index in [4.69, 9.17) is 4.74 Å². The molecule has 1 fully saturated rings. The minimum atomic E-state index is -0.987. The number of amides is 3. The number of likely N-dealkylation sites (N-methyl/N-ethyl adjacent to an activating group) is 3. The average Bonchev–Trinajstić information content (AvgIpc) is 3.58. The highest BCUT2D eigenvalue weighted by molar-refractivity contribution is 7.09. The largest absolute Gasteiger partial charge is 0.480 e. The number of ether oxygens (including phenoxy) is 1. The van der Waals surface area contributed by atoms with Gasteiger partial charge in [0.2, 0.25) is 11.8 Å². The number of benzene rings is 1. The van der Waals surface area contributed by atoms with Crippen molar-refractivity contribution in [3.63, 3.8) is 0 Å². The van der Waals surface area contributed by atoms with E-state index in [-0.39, 0.29) is 48.2 Å². The van der Waals surface area contributed by atoms with Gasteiger partial charge < -0.3 is 25.4 Å². The lowest BCUT2D eigenvalue weighted by atomic mass is 9.94. The van der Waals surface area contributed by atoms with Crippen LogP contribution in [-0.4, -0.2) is 119 Å². The zero-order chi connectivity index (χ0) is 38.7. The quantitative estimate of drug-likeness (QED) is 0.191. The number of piperidine rings is 1. The third-order valence-corrected chi connectivity index (χ3v) is 10.7. The molecule has 52 heavy (non-hydrogen) atoms. The fourth-order valence-electron chi connectivity index (χ4n) is 6.74. The van der Waals surface area contributed by atoms with Crippen LogP contribution in [0.3, 0.4) is 0 Å². The number of thiazole rings is 1. The van der Waals surface area contributed by atoms with E-state index in [0.29, 0.717) is 11.4 Å². The van der Waals surface area contributed by atoms with Gasteiger partial charge >= 0.3 is 11.9 Å². The van der Waals surface area contributed by atoms with Crippen molar-refractivity contribution >= 4 is 41.0 Å². The van der Waals surface area contributed by atoms with Crippen LogP contribution >= 0.6 is 11.3 Å². The summed E-state index contributed by atoms with van der Waals surface area (Å²) in [5.74, 6) is -2.60. The van der Waals surface area contributed by atoms with Gasteiger partial charge in [-0.05, 0) is 70.8 Å². The van der Waals surface area contributed by atoms with Crippen LogP contribution in [0.15, 0.2) is 35.7 Å². The molecule has 0 radical (unpaired) electrons. The Labute approximate surface area is 312 Å². The molecule has 1 aromatic heterocycles. The summed E-state index contributed by atoms with van der Waals surface area (Å²) in [6, 6.07) is 6.77. The summed E-state index contributed by atoms with van der Waals surface area (Å²) in [5.41, 5.74) is 1.07. The van der Waals surface area contributed by atoms with Crippen molar-refractivity contribution in [3.05, 3.63) is 52.0 Å². The second kappa shape index (κ2) is 19.8. The third-order valence-electron chi connectivity index (χ3n) is 9.79. The molecule has 1 aromatic carbocycles. The van der Waals surface area contributed by atoms with Gasteiger partial charge in [0.25, 0.3) is 5.91 Å². The average molecular weight is 743 g/mol. The number of carboxylic acids is 1. The number of likely N-dealkylation sites (tertiary alicyclic amines) is 1. The molecule has 6 unspecified atom stereocenters. The number of esters is 1. The van der Waals surface area contributed by atoms with Crippen molar-refractivity contribution in [2.24, 2.45) is 11.8 Å². The molecule has 0 aliphatic carbocycles. The zero-order valence-corrected chi connectivity index (χ0v) is 32.9. The predicted octanol–water partition coefficient (Wildman–Crippen LogP) is 3.99. The molecule has 2 heterocycles. The summed E-state index contributed by atoms with van der Waals surface area (Å²) >= 11 is 1.18. The number of nitrogens with zero attached hydrogens (tertiary/aromatic N) is 4. The van der Waals surface area contributed by atoms with E-state index in [9.17, 15) is 29.1 Å². The molecule has 0 spiro atoms. The fourth-order valence-corrected chi connectivity index (χ4v) is 7.58. The number of carbonyl (C=O) groups is 5. The van der Waals surface area contributed by atoms with E-state index in [0.717, 1.165) is 31.4 Å². The molecule has 2 aromatic rings. The lowest BCUT2D eigenvalue weighted by molar-refractivity contribution is -0.149. The van der Waals surface area contributed by atoms with Gasteiger partial charge in [0.15, 0.2) is 6.10 Å². The maximum Gasteiger partial charge on any atom is 0.320 e. The second-order valence-electron chi connectivity index (χ2n) is 14.8. The Hall–Kier alpha value is -3.88. The number of carboxylic acid groups (broad SMARTS) is 1. The Bertz CT molecular complexity index is 1500. The first-order valence-corrected chi connectivity index (χ1v) is 19.0. The van der Waals surface area contributed by atoms with Crippen molar-refractivity contribution < 1.29 is 33.8 Å². The molecule has 6 atom stereocenters. The Balaban J connectivity index is 1.81. The smallest absolute Gasteiger partial charge is 0.320 e. The molecular formula is C38H58N6O7S. The zero-order valence-electron chi connectivity index (χ0n) is 32.1. The Morgan fingerprint density at radius 2 is 1.67 bits per heavy atom. The number of carbonyl (C=O) groups excluding carboxylic acids is 4. The van der Waals surface area contributed by atoms with E-state index in [1.54, 1.807) is 36.3 Å². The molecule has 1 aliphatic heterocycles. The highest BCUT2D eigenvalue weighted by Crippen LogP contribution is 2.31. The summed E-state index contributed by atoms with van der Waals surface area (Å²) in [6.45, 7) is 9.90. The van der Waals surface area contributed by atoms with Crippen molar-refractivity contribution in [1.29, 1.82) is 0 Å². The summed E-state index contributed by atoms with van der Waals surface area (Å²) in [4.78, 5) is 75.2. The van der Waals surface area contributed by atoms with E-state index in [2.05, 4.69) is 15.6 Å². The van der Waals surface area contributed by atoms with E-state index in [1.807, 2.05) is 70.0 Å². The van der Waals surface area contributed by atoms with E-state index >= 15 is 0 Å². The van der Waals surface area contributed by atoms with Gasteiger partial charge in [-0.15, -0.1) is 11.3 Å². The van der Waals surface area contributed by atoms with Crippen LogP contribution in [0.25, 0.3) is 0 Å². The molecule has 13 nitrogen and oxygen atoms in total. The number of aromatic nitrogens is 1. The Morgan fingerprint density at radius 3 is 2.23 bits per heavy atom. The molecule has 3 rings (SSSR count). The summed E-state index contributed by atoms with van der Waals surface area (Å²) in [5, 5.41) is 17.8. The second-order valence-corrected chi connectivity index (χ2v) is 15.7. The van der Waals surface area contributed by atoms with Crippen LogP contribution in [0, 0.1) is 11.8 Å². The van der Waals surface area contributed by atoms with E-state index in [1.165, 1.54) is 18.3 Å². The summed E-state index contributed by atoms with van der Waals surface area (Å²) in [6.07, 6.45) is 2.71. The maximum absolute atomic E-state index is 14.0. The lowest BCUT2D eigenvalue weighted by Gasteiger charge is -2.37. The standard InChI is InChI=1S/C38H58N6O7S/c1-23(2)30(44(9)37(48)33(24(3)4)41-35(47)29-17-13-14-18-43(29)8)21-32(51-25(5)45)36-40-28(22-52-36)34(46)39-27(19-26-15-11-10-12-16-26)20-31(38(49)50)42(6)7/h10-12,15-16,22-24,27,29-33H,13-14,17-21H2,1-9H3,(H,39,46)(H,41,47)(H,49,50). The summed E-state index contributed by atoms with van der Waals surface area (Å²) in [7, 11) is 7.01. The minimum absolute atomic E-state index is 0.0552. The number of nitrogens with one attached hydrogen (secondary N) is 2. The maximum atomic E-state index is 14.0. The van der Waals surface area contributed by atoms with Crippen LogP contribution in [0.1, 0.15) is 93.9 Å². The van der Waals surface area contributed by atoms with Gasteiger partial charge in [0.1, 0.15) is 22.8 Å². The molecule has 0 bridgehead atoms. The van der Waals surface area contributed by atoms with Gasteiger partial charge in [-0.2, -0.15) is 0 Å². The van der Waals surface area contributed by atoms with Crippen molar-refractivity contribution in [3.8, 4) is 0 Å². The van der Waals surface area contributed by atoms with Crippen LogP contribution < -0.4 is 10.6 Å². The number of aliphatic carboxylic acids is 1. The SMILES string of the molecule is CC(=O)OC(CC(C(C)C)N(C)C(=O)C(NC(=O)C1CCCCN1C)C(C)C)c1nc(C(=O)NC(Cc2ccccc2)CC(C(=O)O)N(C)C)cs1. The van der Waals surface area contributed by atoms with Crippen molar-refractivity contribution in [1.82, 2.24) is 30.3 Å². The van der Waals surface area contributed by atoms with Crippen LogP contribution in [0.5, 0.6) is 0 Å². The van der Waals surface area contributed by atoms with Crippen molar-refractivity contribution in [2.75, 3.05) is 34.7 Å². The molecule has 3 N–H and O–H groups in total. The third kappa shape index (κ3) is 12.1. The molecular weight excluding hydrogens is 685 g/mol. The first-order valence-electron chi connectivity index (χ1n) is 18.1. The number of hydrogen-bond acceptors (Lipinski definition) is 10. The number of rotatable bonds is 18.